The Labute approximate surface area is 333 Å². The quantitative estimate of drug-likeness (QED) is 0.287. The van der Waals surface area contributed by atoms with Crippen molar-refractivity contribution in [1.82, 2.24) is 14.2 Å². The maximum absolute atomic E-state index is 14.8. The van der Waals surface area contributed by atoms with Crippen molar-refractivity contribution in [3.8, 4) is 5.75 Å². The summed E-state index contributed by atoms with van der Waals surface area (Å²) >= 11 is 6.47. The SMILES string of the molecule is COC(=O)N1CCn2cc(C(=O)N[S@@]3(=O)=NC(=O)c4ccc5c(c4)N(C[C@@H]4CC[C@H]4[C@@H](OC)/C=C/C[C@H](C)C3)C[C@@]3(CCCc4cc(Cl)ccc43)CO5)cc2C1. The third-order valence-electron chi connectivity index (χ3n) is 12.4. The van der Waals surface area contributed by atoms with Gasteiger partial charge in [-0.1, -0.05) is 36.7 Å². The molecular weight excluding hydrogens is 754 g/mol. The number of nitrogens with one attached hydrogen (secondary N) is 1. The van der Waals surface area contributed by atoms with Crippen molar-refractivity contribution in [2.75, 3.05) is 51.1 Å². The first kappa shape index (κ1) is 38.5. The molecule has 6 atom stereocenters. The zero-order valence-electron chi connectivity index (χ0n) is 32.2. The Morgan fingerprint density at radius 3 is 2.75 bits per heavy atom. The predicted octanol–water partition coefficient (Wildman–Crippen LogP) is 6.79. The molecule has 0 saturated heterocycles. The molecule has 298 valence electrons. The Hall–Kier alpha value is -4.33. The smallest absolute Gasteiger partial charge is 0.409 e. The van der Waals surface area contributed by atoms with Gasteiger partial charge in [-0.3, -0.25) is 14.3 Å². The number of fused-ring (bicyclic) bond motifs is 5. The topological polar surface area (TPSA) is 132 Å². The Bertz CT molecular complexity index is 2200. The molecule has 3 amide bonds. The van der Waals surface area contributed by atoms with Gasteiger partial charge in [-0.25, -0.2) is 9.00 Å². The number of amides is 3. The van der Waals surface area contributed by atoms with E-state index in [2.05, 4.69) is 38.3 Å². The molecule has 2 aromatic carbocycles. The fourth-order valence-corrected chi connectivity index (χ4v) is 11.5. The number of aryl methyl sites for hydroxylation is 1. The highest BCUT2D eigenvalue weighted by Crippen LogP contribution is 2.47. The van der Waals surface area contributed by atoms with E-state index in [0.29, 0.717) is 50.2 Å². The predicted molar refractivity (Wildman–Crippen MR) is 215 cm³/mol. The second kappa shape index (κ2) is 15.5. The maximum Gasteiger partial charge on any atom is 0.409 e. The lowest BCUT2D eigenvalue weighted by Crippen LogP contribution is -2.49. The summed E-state index contributed by atoms with van der Waals surface area (Å²) in [5, 5.41) is 0.730. The number of benzene rings is 2. The van der Waals surface area contributed by atoms with E-state index >= 15 is 0 Å². The van der Waals surface area contributed by atoms with Crippen molar-refractivity contribution in [3.05, 3.63) is 93.8 Å². The lowest BCUT2D eigenvalue weighted by Gasteiger charge is -2.46. The molecule has 3 aromatic rings. The molecule has 8 rings (SSSR count). The number of halogens is 1. The zero-order valence-corrected chi connectivity index (χ0v) is 33.8. The van der Waals surface area contributed by atoms with E-state index in [1.807, 2.05) is 29.7 Å². The number of anilines is 1. The van der Waals surface area contributed by atoms with E-state index in [1.54, 1.807) is 30.3 Å². The number of carbonyl (C=O) groups is 3. The summed E-state index contributed by atoms with van der Waals surface area (Å²) in [7, 11) is -0.520. The molecule has 1 aromatic heterocycles. The van der Waals surface area contributed by atoms with Crippen molar-refractivity contribution in [2.45, 2.75) is 70.1 Å². The lowest BCUT2D eigenvalue weighted by atomic mass is 9.68. The van der Waals surface area contributed by atoms with Crippen LogP contribution in [0.4, 0.5) is 10.5 Å². The second-order valence-corrected chi connectivity index (χ2v) is 18.6. The van der Waals surface area contributed by atoms with E-state index in [-0.39, 0.29) is 40.9 Å². The molecule has 0 unspecified atom stereocenters. The molecule has 1 fully saturated rings. The van der Waals surface area contributed by atoms with Crippen LogP contribution in [0.3, 0.4) is 0 Å². The molecule has 5 aliphatic rings. The summed E-state index contributed by atoms with van der Waals surface area (Å²) in [6.45, 7) is 5.06. The third kappa shape index (κ3) is 7.57. The highest BCUT2D eigenvalue weighted by atomic mass is 35.5. The van der Waals surface area contributed by atoms with Crippen molar-refractivity contribution in [2.24, 2.45) is 22.1 Å². The highest BCUT2D eigenvalue weighted by Gasteiger charge is 2.44. The van der Waals surface area contributed by atoms with E-state index < -0.39 is 27.8 Å². The fraction of sp³-hybridized carbons (Fsp3) is 0.500. The van der Waals surface area contributed by atoms with Gasteiger partial charge >= 0.3 is 6.09 Å². The van der Waals surface area contributed by atoms with Gasteiger partial charge < -0.3 is 28.6 Å². The number of methoxy groups -OCH3 is 2. The van der Waals surface area contributed by atoms with Gasteiger partial charge in [0, 0.05) is 61.2 Å². The molecule has 4 heterocycles. The first-order valence-electron chi connectivity index (χ1n) is 19.6. The second-order valence-electron chi connectivity index (χ2n) is 16.2. The minimum atomic E-state index is -3.61. The third-order valence-corrected chi connectivity index (χ3v) is 14.6. The van der Waals surface area contributed by atoms with E-state index in [4.69, 9.17) is 25.8 Å². The normalized spacial score (nSPS) is 29.3. The zero-order chi connectivity index (χ0) is 39.2. The van der Waals surface area contributed by atoms with Crippen molar-refractivity contribution < 1.29 is 32.8 Å². The first-order valence-corrected chi connectivity index (χ1v) is 21.7. The molecule has 1 saturated carbocycles. The maximum atomic E-state index is 14.8. The number of allylic oxidation sites excluding steroid dienone is 1. The molecule has 2 bridgehead atoms. The van der Waals surface area contributed by atoms with Crippen LogP contribution in [0.25, 0.3) is 0 Å². The fourth-order valence-electron chi connectivity index (χ4n) is 9.38. The van der Waals surface area contributed by atoms with Crippen LogP contribution in [0.2, 0.25) is 5.02 Å². The van der Waals surface area contributed by atoms with Crippen molar-refractivity contribution in [1.29, 1.82) is 0 Å². The molecule has 0 radical (unpaired) electrons. The van der Waals surface area contributed by atoms with E-state index in [1.165, 1.54) is 18.2 Å². The van der Waals surface area contributed by atoms with Gasteiger partial charge in [-0.2, -0.15) is 0 Å². The molecule has 56 heavy (non-hydrogen) atoms. The van der Waals surface area contributed by atoms with Gasteiger partial charge in [-0.05, 0) is 104 Å². The lowest BCUT2D eigenvalue weighted by molar-refractivity contribution is 0.0131. The van der Waals surface area contributed by atoms with Gasteiger partial charge in [-0.15, -0.1) is 4.36 Å². The average molecular weight is 804 g/mol. The summed E-state index contributed by atoms with van der Waals surface area (Å²) in [6.07, 6.45) is 11.0. The van der Waals surface area contributed by atoms with Crippen LogP contribution in [0.15, 0.2) is 65.2 Å². The molecule has 2 aliphatic carbocycles. The highest BCUT2D eigenvalue weighted by molar-refractivity contribution is 7.92. The van der Waals surface area contributed by atoms with Crippen LogP contribution in [0, 0.1) is 17.8 Å². The molecular formula is C42H50ClN5O7S. The number of ether oxygens (including phenoxy) is 3. The number of hydrogen-bond donors (Lipinski definition) is 1. The summed E-state index contributed by atoms with van der Waals surface area (Å²) in [5.74, 6) is -0.124. The van der Waals surface area contributed by atoms with Crippen LogP contribution in [-0.2, 0) is 44.3 Å². The summed E-state index contributed by atoms with van der Waals surface area (Å²) in [6, 6.07) is 13.2. The van der Waals surface area contributed by atoms with Crippen LogP contribution < -0.4 is 14.4 Å². The molecule has 1 spiro atoms. The number of nitrogens with zero attached hydrogens (tertiary/aromatic N) is 4. The van der Waals surface area contributed by atoms with Crippen LogP contribution in [-0.4, -0.2) is 83.9 Å². The minimum absolute atomic E-state index is 0.0334. The van der Waals surface area contributed by atoms with Gasteiger partial charge in [0.05, 0.1) is 43.4 Å². The number of carbonyl (C=O) groups excluding carboxylic acids is 3. The molecule has 14 heteroatoms. The minimum Gasteiger partial charge on any atom is -0.490 e. The van der Waals surface area contributed by atoms with Gasteiger partial charge in [0.1, 0.15) is 15.7 Å². The summed E-state index contributed by atoms with van der Waals surface area (Å²) in [5.41, 5.74) is 4.32. The van der Waals surface area contributed by atoms with Crippen LogP contribution >= 0.6 is 11.6 Å². The Morgan fingerprint density at radius 1 is 1.11 bits per heavy atom. The van der Waals surface area contributed by atoms with E-state index in [9.17, 15) is 18.6 Å². The number of aromatic nitrogens is 1. The number of rotatable bonds is 3. The summed E-state index contributed by atoms with van der Waals surface area (Å²) in [4.78, 5) is 44.1. The van der Waals surface area contributed by atoms with Gasteiger partial charge in [0.25, 0.3) is 11.8 Å². The Kier molecular flexibility index (Phi) is 10.7. The van der Waals surface area contributed by atoms with Crippen LogP contribution in [0.1, 0.15) is 76.6 Å². The monoisotopic (exact) mass is 803 g/mol. The van der Waals surface area contributed by atoms with Crippen LogP contribution in [0.5, 0.6) is 5.75 Å². The standard InChI is InChI=1S/C42H50ClN5O7S/c1-27-6-4-8-37(53-2)34-12-9-30(34)21-48-25-42(15-5-7-28-18-32(43)11-13-35(28)42)26-55-38-14-10-29(20-36(38)48)39(49)44-56(52,24-27)45-40(50)31-19-33-23-47(41(51)54-3)17-16-46(33)22-31/h4,8,10-11,13-14,18-20,22,27,30,34,37H,5-7,9,12,15-17,21,23-26H2,1-3H3,(H,44,45,49,50,52)/b8-4+/t27-,30-,34+,37-,42-,56-/m0/s1. The largest absolute Gasteiger partial charge is 0.490 e. The Morgan fingerprint density at radius 2 is 1.96 bits per heavy atom. The molecule has 12 nitrogen and oxygen atoms in total. The average Bonchev–Trinajstić information content (AvgIpc) is 3.54. The Balaban J connectivity index is 1.15. The first-order chi connectivity index (χ1) is 27.0. The molecule has 1 N–H and O–H groups in total. The summed E-state index contributed by atoms with van der Waals surface area (Å²) < 4.78 is 41.3. The van der Waals surface area contributed by atoms with Crippen molar-refractivity contribution >= 4 is 45.1 Å². The van der Waals surface area contributed by atoms with Gasteiger partial charge in [0.15, 0.2) is 0 Å². The van der Waals surface area contributed by atoms with E-state index in [0.717, 1.165) is 55.1 Å². The van der Waals surface area contributed by atoms with Crippen molar-refractivity contribution in [3.63, 3.8) is 0 Å². The molecule has 3 aliphatic heterocycles. The number of hydrogen-bond acceptors (Lipinski definition) is 8. The van der Waals surface area contributed by atoms with Gasteiger partial charge in [0.2, 0.25) is 0 Å².